The first-order valence-corrected chi connectivity index (χ1v) is 9.28. The second kappa shape index (κ2) is 7.12. The smallest absolute Gasteiger partial charge is 0.319 e. The molecule has 4 atom stereocenters. The van der Waals surface area contributed by atoms with Crippen molar-refractivity contribution in [2.75, 3.05) is 11.9 Å². The molecule has 0 aliphatic carbocycles. The van der Waals surface area contributed by atoms with E-state index >= 15 is 0 Å². The predicted molar refractivity (Wildman–Crippen MR) is 104 cm³/mol. The second-order valence-electron chi connectivity index (χ2n) is 7.29. The number of carbonyl (C=O) groups is 3. The molecule has 2 saturated heterocycles. The summed E-state index contributed by atoms with van der Waals surface area (Å²) in [6.45, 7) is 1.70. The molecule has 4 N–H and O–H groups in total. The third kappa shape index (κ3) is 3.27. The Kier molecular flexibility index (Phi) is 4.64. The molecule has 28 heavy (non-hydrogen) atoms. The van der Waals surface area contributed by atoms with E-state index in [0.29, 0.717) is 12.1 Å². The predicted octanol–water partition coefficient (Wildman–Crippen LogP) is 0.810. The fraction of sp³-hybridized carbons (Fsp3) is 0.350. The van der Waals surface area contributed by atoms with Gasteiger partial charge in [0.1, 0.15) is 12.1 Å². The molecule has 0 radical (unpaired) electrons. The van der Waals surface area contributed by atoms with Crippen LogP contribution in [0.2, 0.25) is 0 Å². The van der Waals surface area contributed by atoms with E-state index in [4.69, 9.17) is 0 Å². The van der Waals surface area contributed by atoms with Crippen molar-refractivity contribution in [1.29, 1.82) is 0 Å². The summed E-state index contributed by atoms with van der Waals surface area (Å²) >= 11 is 0. The van der Waals surface area contributed by atoms with Gasteiger partial charge in [-0.05, 0) is 24.8 Å². The minimum atomic E-state index is -0.973. The van der Waals surface area contributed by atoms with Gasteiger partial charge in [0, 0.05) is 11.9 Å². The molecular weight excluding hydrogens is 360 g/mol. The summed E-state index contributed by atoms with van der Waals surface area (Å²) < 4.78 is 0. The molecule has 0 unspecified atom stereocenters. The Morgan fingerprint density at radius 1 is 1.21 bits per heavy atom. The summed E-state index contributed by atoms with van der Waals surface area (Å²) in [5.74, 6) is -0.623. The molecule has 2 aromatic carbocycles. The van der Waals surface area contributed by atoms with Gasteiger partial charge in [-0.25, -0.2) is 4.79 Å². The number of hydrogen-bond donors (Lipinski definition) is 4. The largest absolute Gasteiger partial charge is 0.391 e. The zero-order valence-corrected chi connectivity index (χ0v) is 15.4. The number of piperazine rings is 1. The molecule has 4 amide bonds. The fourth-order valence-corrected chi connectivity index (χ4v) is 3.93. The Balaban J connectivity index is 1.43. The van der Waals surface area contributed by atoms with Crippen LogP contribution in [0.15, 0.2) is 42.5 Å². The minimum absolute atomic E-state index is 0.239. The fourth-order valence-electron chi connectivity index (χ4n) is 3.93. The van der Waals surface area contributed by atoms with Crippen LogP contribution < -0.4 is 16.0 Å². The van der Waals surface area contributed by atoms with E-state index in [1.165, 1.54) is 11.8 Å². The van der Waals surface area contributed by atoms with Gasteiger partial charge in [0.05, 0.1) is 17.8 Å². The Hall–Kier alpha value is -3.13. The Bertz CT molecular complexity index is 939. The number of aliphatic hydroxyl groups excluding tert-OH is 1. The lowest BCUT2D eigenvalue weighted by molar-refractivity contribution is -0.149. The molecule has 4 rings (SSSR count). The number of anilines is 1. The maximum Gasteiger partial charge on any atom is 0.319 e. The van der Waals surface area contributed by atoms with Gasteiger partial charge in [-0.15, -0.1) is 0 Å². The van der Waals surface area contributed by atoms with E-state index in [0.717, 1.165) is 10.8 Å². The highest BCUT2D eigenvalue weighted by atomic mass is 16.3. The number of rotatable bonds is 3. The summed E-state index contributed by atoms with van der Waals surface area (Å²) in [6.07, 6.45) is -0.633. The Labute approximate surface area is 161 Å². The lowest BCUT2D eigenvalue weighted by atomic mass is 10.0. The third-order valence-electron chi connectivity index (χ3n) is 5.31. The van der Waals surface area contributed by atoms with Crippen LogP contribution in [0, 0.1) is 0 Å². The number of nitrogens with one attached hydrogen (secondary N) is 3. The maximum atomic E-state index is 12.5. The molecule has 2 aliphatic heterocycles. The van der Waals surface area contributed by atoms with Crippen LogP contribution in [-0.2, 0) is 9.59 Å². The molecule has 2 fully saturated rings. The van der Waals surface area contributed by atoms with Gasteiger partial charge in [0.15, 0.2) is 0 Å². The van der Waals surface area contributed by atoms with Crippen molar-refractivity contribution in [1.82, 2.24) is 15.5 Å². The lowest BCUT2D eigenvalue weighted by Crippen LogP contribution is -2.64. The topological polar surface area (TPSA) is 111 Å². The van der Waals surface area contributed by atoms with Gasteiger partial charge >= 0.3 is 6.03 Å². The van der Waals surface area contributed by atoms with Crippen LogP contribution in [0.3, 0.4) is 0 Å². The average Bonchev–Trinajstić information content (AvgIpc) is 3.09. The van der Waals surface area contributed by atoms with E-state index < -0.39 is 18.2 Å². The van der Waals surface area contributed by atoms with E-state index in [2.05, 4.69) is 16.0 Å². The zero-order chi connectivity index (χ0) is 19.8. The van der Waals surface area contributed by atoms with E-state index in [1.807, 2.05) is 42.5 Å². The molecule has 8 heteroatoms. The highest BCUT2D eigenvalue weighted by Crippen LogP contribution is 2.25. The van der Waals surface area contributed by atoms with Gasteiger partial charge in [-0.1, -0.05) is 36.4 Å². The van der Waals surface area contributed by atoms with Gasteiger partial charge in [-0.2, -0.15) is 0 Å². The molecule has 2 aromatic rings. The van der Waals surface area contributed by atoms with Crippen LogP contribution in [-0.4, -0.2) is 58.6 Å². The normalized spacial score (nSPS) is 25.2. The summed E-state index contributed by atoms with van der Waals surface area (Å²) in [4.78, 5) is 38.7. The van der Waals surface area contributed by atoms with Crippen molar-refractivity contribution < 1.29 is 19.5 Å². The second-order valence-corrected chi connectivity index (χ2v) is 7.29. The van der Waals surface area contributed by atoms with Crippen LogP contribution >= 0.6 is 0 Å². The Morgan fingerprint density at radius 3 is 2.75 bits per heavy atom. The van der Waals surface area contributed by atoms with Crippen LogP contribution in [0.25, 0.3) is 10.8 Å². The van der Waals surface area contributed by atoms with E-state index in [1.54, 1.807) is 0 Å². The van der Waals surface area contributed by atoms with Gasteiger partial charge in [0.2, 0.25) is 11.8 Å². The van der Waals surface area contributed by atoms with Crippen LogP contribution in [0.4, 0.5) is 10.5 Å². The van der Waals surface area contributed by atoms with Crippen molar-refractivity contribution in [3.8, 4) is 0 Å². The molecule has 0 aromatic heterocycles. The highest BCUT2D eigenvalue weighted by Gasteiger charge is 2.47. The SMILES string of the molecule is C[C@@H](O)[C@@H]1NC(=O)[C@@H]2C[C@H](NC(=O)Nc3cccc4ccccc34)CN2C1=O. The third-order valence-corrected chi connectivity index (χ3v) is 5.31. The number of urea groups is 1. The van der Waals surface area contributed by atoms with Crippen LogP contribution in [0.5, 0.6) is 0 Å². The van der Waals surface area contributed by atoms with Gasteiger partial charge < -0.3 is 26.0 Å². The van der Waals surface area contributed by atoms with Crippen molar-refractivity contribution in [3.05, 3.63) is 42.5 Å². The first kappa shape index (κ1) is 18.2. The number of aliphatic hydroxyl groups is 1. The molecular formula is C20H22N4O4. The molecule has 8 nitrogen and oxygen atoms in total. The summed E-state index contributed by atoms with van der Waals surface area (Å²) in [6, 6.07) is 11.1. The molecule has 2 heterocycles. The van der Waals surface area contributed by atoms with Crippen molar-refractivity contribution >= 4 is 34.3 Å². The number of benzene rings is 2. The summed E-state index contributed by atoms with van der Waals surface area (Å²) in [5.41, 5.74) is 0.689. The quantitative estimate of drug-likeness (QED) is 0.630. The lowest BCUT2D eigenvalue weighted by Gasteiger charge is -2.35. The highest BCUT2D eigenvalue weighted by molar-refractivity contribution is 6.02. The van der Waals surface area contributed by atoms with Gasteiger partial charge in [0.25, 0.3) is 0 Å². The summed E-state index contributed by atoms with van der Waals surface area (Å²) in [7, 11) is 0. The number of fused-ring (bicyclic) bond motifs is 2. The van der Waals surface area contributed by atoms with Crippen molar-refractivity contribution in [2.45, 2.75) is 37.6 Å². The first-order chi connectivity index (χ1) is 13.4. The summed E-state index contributed by atoms with van der Waals surface area (Å²) in [5, 5.41) is 19.9. The molecule has 146 valence electrons. The molecule has 0 saturated carbocycles. The number of amides is 4. The maximum absolute atomic E-state index is 12.5. The molecule has 0 spiro atoms. The first-order valence-electron chi connectivity index (χ1n) is 9.28. The van der Waals surface area contributed by atoms with Gasteiger partial charge in [-0.3, -0.25) is 9.59 Å². The van der Waals surface area contributed by atoms with Crippen molar-refractivity contribution in [2.24, 2.45) is 0 Å². The number of carbonyl (C=O) groups excluding carboxylic acids is 3. The van der Waals surface area contributed by atoms with Crippen molar-refractivity contribution in [3.63, 3.8) is 0 Å². The molecule has 2 aliphatic rings. The van der Waals surface area contributed by atoms with E-state index in [-0.39, 0.29) is 30.4 Å². The van der Waals surface area contributed by atoms with E-state index in [9.17, 15) is 19.5 Å². The number of hydrogen-bond acceptors (Lipinski definition) is 4. The zero-order valence-electron chi connectivity index (χ0n) is 15.4. The standard InChI is InChI=1S/C20H22N4O4/c1-11(25)17-19(27)24-10-13(9-16(24)18(26)23-17)21-20(28)22-15-8-4-6-12-5-2-3-7-14(12)15/h2-8,11,13,16-17,25H,9-10H2,1H3,(H,23,26)(H2,21,22,28)/t11-,13+,16+,17+/m1/s1. The molecule has 0 bridgehead atoms. The Morgan fingerprint density at radius 2 is 1.96 bits per heavy atom. The number of nitrogens with zero attached hydrogens (tertiary/aromatic N) is 1. The monoisotopic (exact) mass is 382 g/mol. The average molecular weight is 382 g/mol. The van der Waals surface area contributed by atoms with Crippen LogP contribution in [0.1, 0.15) is 13.3 Å². The minimum Gasteiger partial charge on any atom is -0.391 e.